The molecular weight excluding hydrogens is 980 g/mol. The molecule has 0 spiro atoms. The summed E-state index contributed by atoms with van der Waals surface area (Å²) in [6.45, 7) is 7.28. The number of carbonyl (C=O) groups is 8. The number of likely N-dealkylation sites (tertiary alicyclic amines) is 1. The quantitative estimate of drug-likeness (QED) is 0.111. The number of allylic oxidation sites excluding steroid dienone is 3. The summed E-state index contributed by atoms with van der Waals surface area (Å²) >= 11 is 8.14. The number of ether oxygens (including phenoxy) is 6. The minimum absolute atomic E-state index is 0.00445. The topological polar surface area (TPSA) is 246 Å². The van der Waals surface area contributed by atoms with Crippen molar-refractivity contribution in [3.63, 3.8) is 0 Å². The molecule has 5 fully saturated rings. The average Bonchev–Trinajstić information content (AvgIpc) is 3.85. The molecule has 4 bridgehead atoms. The van der Waals surface area contributed by atoms with Gasteiger partial charge in [0.25, 0.3) is 11.8 Å². The highest BCUT2D eigenvalue weighted by Gasteiger charge is 2.64. The van der Waals surface area contributed by atoms with E-state index in [4.69, 9.17) is 44.9 Å². The third kappa shape index (κ3) is 12.3. The second-order valence-corrected chi connectivity index (χ2v) is 21.4. The number of hydrogen-bond acceptors (Lipinski definition) is 17. The third-order valence-corrected chi connectivity index (χ3v) is 16.2. The van der Waals surface area contributed by atoms with E-state index in [0.717, 1.165) is 11.1 Å². The molecule has 1 aromatic carbocycles. The number of esters is 1. The maximum absolute atomic E-state index is 14.3. The van der Waals surface area contributed by atoms with Gasteiger partial charge in [0.1, 0.15) is 34.7 Å². The minimum Gasteiger partial charge on any atom is -0.495 e. The average molecular weight is 1050 g/mol. The molecule has 5 heterocycles. The van der Waals surface area contributed by atoms with E-state index in [1.165, 1.54) is 42.7 Å². The van der Waals surface area contributed by atoms with Crippen molar-refractivity contribution in [1.29, 1.82) is 0 Å². The number of nitrogens with zero attached hydrogens (tertiary/aromatic N) is 3. The maximum Gasteiger partial charge on any atom is 0.409 e. The number of alkyl carbamates (subject to hydrolysis) is 1. The molecule has 0 radical (unpaired) electrons. The number of carbonyl (C=O) groups excluding carboxylic acids is 8. The Labute approximate surface area is 427 Å². The first-order valence-corrected chi connectivity index (χ1v) is 25.8. The van der Waals surface area contributed by atoms with Crippen LogP contribution in [0.5, 0.6) is 5.75 Å². The van der Waals surface area contributed by atoms with Crippen molar-refractivity contribution >= 4 is 76.6 Å². The molecule has 5 aliphatic heterocycles. The van der Waals surface area contributed by atoms with Crippen molar-refractivity contribution in [1.82, 2.24) is 15.3 Å². The van der Waals surface area contributed by atoms with E-state index in [1.54, 1.807) is 45.2 Å². The second-order valence-electron chi connectivity index (χ2n) is 19.7. The molecule has 9 atom stereocenters. The minimum atomic E-state index is -1.86. The molecule has 394 valence electrons. The molecule has 6 amide bonds. The van der Waals surface area contributed by atoms with Crippen molar-refractivity contribution in [2.24, 2.45) is 17.8 Å². The van der Waals surface area contributed by atoms with E-state index in [9.17, 15) is 43.5 Å². The van der Waals surface area contributed by atoms with Crippen LogP contribution in [-0.2, 0) is 68.5 Å². The smallest absolute Gasteiger partial charge is 0.409 e. The summed E-state index contributed by atoms with van der Waals surface area (Å²) in [6, 6.07) is 3.56. The standard InChI is InChI=1S/C50H65ClN4O16S/c1-27-10-8-11-37(66-7)50(64)25-35(68-48(63)52-50)28(2)44-49(4,70-44)38(24-41(58)53(5)33-21-31(20-27)22-34(65-6)43(33)51)69-46(61)29(3)67-18-9-19-72-36-23-42(59)54(45(36)60)26-30-12-14-32(15-13-30)47(62)71-55-39(56)16-17-40(55)57/h8,10-11,21-22,28-30,32,35-38,44,64H,9,12-20,23-26H2,1-7H3,(H,52,63)/b11-8+,27-10+/t28-,29-,30?,32?,35+,36?,37-,38+,44+,49+,50+/m1/s1. The highest BCUT2D eigenvalue weighted by molar-refractivity contribution is 8.00. The highest BCUT2D eigenvalue weighted by atomic mass is 35.5. The molecule has 20 nitrogen and oxygen atoms in total. The van der Waals surface area contributed by atoms with E-state index in [2.05, 4.69) is 5.32 Å². The Hall–Kier alpha value is -5.06. The Morgan fingerprint density at radius 3 is 2.40 bits per heavy atom. The molecule has 4 saturated heterocycles. The normalized spacial score (nSPS) is 32.8. The van der Waals surface area contributed by atoms with Gasteiger partial charge in [0.15, 0.2) is 11.8 Å². The molecule has 1 aliphatic carbocycles. The maximum atomic E-state index is 14.3. The first kappa shape index (κ1) is 54.7. The van der Waals surface area contributed by atoms with E-state index in [1.807, 2.05) is 13.0 Å². The van der Waals surface area contributed by atoms with Crippen molar-refractivity contribution < 1.29 is 76.7 Å². The summed E-state index contributed by atoms with van der Waals surface area (Å²) < 4.78 is 35.3. The first-order valence-electron chi connectivity index (χ1n) is 24.4. The van der Waals surface area contributed by atoms with Gasteiger partial charge in [-0.15, -0.1) is 16.8 Å². The summed E-state index contributed by atoms with van der Waals surface area (Å²) in [7, 11) is 4.46. The number of rotatable bonds is 14. The van der Waals surface area contributed by atoms with Crippen molar-refractivity contribution in [2.45, 2.75) is 145 Å². The van der Waals surface area contributed by atoms with E-state index in [-0.39, 0.29) is 68.0 Å². The van der Waals surface area contributed by atoms with Gasteiger partial charge in [-0.05, 0) is 88.7 Å². The molecule has 2 N–H and O–H groups in total. The van der Waals surface area contributed by atoms with Gasteiger partial charge < -0.3 is 43.3 Å². The Morgan fingerprint density at radius 1 is 1.01 bits per heavy atom. The Kier molecular flexibility index (Phi) is 17.5. The van der Waals surface area contributed by atoms with Gasteiger partial charge in [0.05, 0.1) is 36.5 Å². The lowest BCUT2D eigenvalue weighted by Crippen LogP contribution is -2.63. The molecule has 1 unspecified atom stereocenters. The summed E-state index contributed by atoms with van der Waals surface area (Å²) in [5.74, 6) is -3.73. The summed E-state index contributed by atoms with van der Waals surface area (Å²) in [6.07, 6.45) is 2.10. The fraction of sp³-hybridized carbons (Fsp3) is 0.640. The number of hydroxylamine groups is 2. The molecule has 72 heavy (non-hydrogen) atoms. The van der Waals surface area contributed by atoms with Crippen LogP contribution in [0.2, 0.25) is 5.02 Å². The van der Waals surface area contributed by atoms with Crippen LogP contribution in [0, 0.1) is 17.8 Å². The number of hydrogen-bond donors (Lipinski definition) is 2. The number of epoxide rings is 1. The number of fused-ring (bicyclic) bond motifs is 5. The largest absolute Gasteiger partial charge is 0.495 e. The van der Waals surface area contributed by atoms with Crippen LogP contribution < -0.4 is 15.0 Å². The molecule has 1 aromatic rings. The van der Waals surface area contributed by atoms with Crippen LogP contribution >= 0.6 is 23.4 Å². The van der Waals surface area contributed by atoms with Gasteiger partial charge in [0, 0.05) is 58.9 Å². The summed E-state index contributed by atoms with van der Waals surface area (Å²) in [5.41, 5.74) is -1.06. The predicted octanol–water partition coefficient (Wildman–Crippen LogP) is 4.74. The van der Waals surface area contributed by atoms with Crippen LogP contribution in [0.25, 0.3) is 0 Å². The molecule has 22 heteroatoms. The summed E-state index contributed by atoms with van der Waals surface area (Å²) in [5, 5.41) is 14.5. The predicted molar refractivity (Wildman–Crippen MR) is 259 cm³/mol. The van der Waals surface area contributed by atoms with Crippen molar-refractivity contribution in [2.75, 3.05) is 45.1 Å². The summed E-state index contributed by atoms with van der Waals surface area (Å²) in [4.78, 5) is 112. The lowest BCUT2D eigenvalue weighted by Gasteiger charge is -2.42. The zero-order valence-electron chi connectivity index (χ0n) is 41.7. The molecular formula is C50H65ClN4O16S. The zero-order valence-corrected chi connectivity index (χ0v) is 43.3. The number of amides is 6. The van der Waals surface area contributed by atoms with Crippen LogP contribution in [0.1, 0.15) is 97.5 Å². The van der Waals surface area contributed by atoms with Crippen LogP contribution in [0.15, 0.2) is 35.9 Å². The van der Waals surface area contributed by atoms with Gasteiger partial charge in [-0.2, -0.15) is 0 Å². The number of imide groups is 2. The van der Waals surface area contributed by atoms with E-state index < -0.39 is 94.7 Å². The SMILES string of the molecule is COc1cc2cc(c1Cl)N(C)C(=O)C[C@H](OC(=O)[C@@H](C)OCCCSC1CC(=O)N(CC3CCC(C(=O)ON4C(=O)CCC4=O)CC3)C1=O)[C@]1(C)O[C@H]1[C@H](C)[C@@H]1C[C@@](O)(NC(=O)O1)[C@H](OC)/C=C/C=C(\C)C2. The number of thioether (sulfide) groups is 1. The Balaban J connectivity index is 0.952. The van der Waals surface area contributed by atoms with Crippen LogP contribution in [0.4, 0.5) is 10.5 Å². The Morgan fingerprint density at radius 2 is 1.72 bits per heavy atom. The number of halogens is 1. The Bertz CT molecular complexity index is 2340. The first-order chi connectivity index (χ1) is 34.2. The molecule has 0 aromatic heterocycles. The van der Waals surface area contributed by atoms with Crippen molar-refractivity contribution in [3.05, 3.63) is 46.5 Å². The highest BCUT2D eigenvalue weighted by Crippen LogP contribution is 2.49. The lowest BCUT2D eigenvalue weighted by atomic mass is 9.82. The van der Waals surface area contributed by atoms with Gasteiger partial charge in [-0.25, -0.2) is 14.4 Å². The van der Waals surface area contributed by atoms with Gasteiger partial charge in [0.2, 0.25) is 17.7 Å². The molecule has 1 saturated carbocycles. The monoisotopic (exact) mass is 1040 g/mol. The molecule has 7 rings (SSSR count). The fourth-order valence-corrected chi connectivity index (χ4v) is 11.5. The molecule has 6 aliphatic rings. The zero-order chi connectivity index (χ0) is 52.2. The second kappa shape index (κ2) is 23.0. The third-order valence-electron chi connectivity index (χ3n) is 14.5. The van der Waals surface area contributed by atoms with Gasteiger partial charge >= 0.3 is 18.0 Å². The van der Waals surface area contributed by atoms with Gasteiger partial charge in [-0.1, -0.05) is 42.3 Å². The van der Waals surface area contributed by atoms with E-state index in [0.29, 0.717) is 60.8 Å². The number of aliphatic hydroxyl groups is 1. The lowest BCUT2D eigenvalue weighted by molar-refractivity contribution is -0.201. The number of nitrogens with one attached hydrogen (secondary N) is 1. The number of benzene rings is 1. The number of anilines is 1. The van der Waals surface area contributed by atoms with Crippen LogP contribution in [-0.4, -0.2) is 150 Å². The van der Waals surface area contributed by atoms with Crippen LogP contribution in [0.3, 0.4) is 0 Å². The fourth-order valence-electron chi connectivity index (χ4n) is 10.1. The van der Waals surface area contributed by atoms with E-state index >= 15 is 0 Å². The number of methoxy groups -OCH3 is 2. The van der Waals surface area contributed by atoms with Crippen molar-refractivity contribution in [3.8, 4) is 5.75 Å². The van der Waals surface area contributed by atoms with Gasteiger partial charge in [-0.3, -0.25) is 34.2 Å².